The molecule has 0 atom stereocenters. The van der Waals surface area contributed by atoms with Crippen molar-refractivity contribution in [3.8, 4) is 5.75 Å². The molecule has 2 rings (SSSR count). The fraction of sp³-hybridized carbons (Fsp3) is 0.211. The number of esters is 1. The first kappa shape index (κ1) is 20.3. The summed E-state index contributed by atoms with van der Waals surface area (Å²) < 4.78 is 10.5. The number of rotatable bonds is 6. The molecule has 2 aromatic rings. The number of benzene rings is 2. The largest absolute Gasteiger partial charge is 0.476 e. The Bertz CT molecular complexity index is 807. The van der Waals surface area contributed by atoms with Crippen molar-refractivity contribution in [2.24, 2.45) is 0 Å². The summed E-state index contributed by atoms with van der Waals surface area (Å²) in [5.74, 6) is -1.47. The van der Waals surface area contributed by atoms with Crippen LogP contribution in [0.3, 0.4) is 0 Å². The molecular formula is C19H19ClN2O5. The number of carbonyl (C=O) groups excluding carboxylic acids is 3. The second-order valence-electron chi connectivity index (χ2n) is 6.01. The van der Waals surface area contributed by atoms with E-state index in [1.54, 1.807) is 54.6 Å². The predicted molar refractivity (Wildman–Crippen MR) is 99.2 cm³/mol. The standard InChI is InChI=1S/C19H19ClN2O5/c1-19(2,27-15-10-8-14(20)9-11-15)18(25)26-12-16(23)21-22-17(24)13-6-4-3-5-7-13/h3-11H,12H2,1-2H3,(H,21,23)(H,22,24). The minimum atomic E-state index is -1.32. The average Bonchev–Trinajstić information content (AvgIpc) is 2.66. The Morgan fingerprint density at radius 2 is 1.59 bits per heavy atom. The molecule has 0 aliphatic heterocycles. The van der Waals surface area contributed by atoms with Crippen LogP contribution in [-0.4, -0.2) is 30.0 Å². The highest BCUT2D eigenvalue weighted by Gasteiger charge is 2.32. The number of ether oxygens (including phenoxy) is 2. The van der Waals surface area contributed by atoms with E-state index in [0.717, 1.165) is 0 Å². The minimum absolute atomic E-state index is 0.382. The van der Waals surface area contributed by atoms with E-state index in [-0.39, 0.29) is 0 Å². The lowest BCUT2D eigenvalue weighted by Crippen LogP contribution is -2.45. The van der Waals surface area contributed by atoms with E-state index >= 15 is 0 Å². The van der Waals surface area contributed by atoms with Gasteiger partial charge in [-0.1, -0.05) is 29.8 Å². The van der Waals surface area contributed by atoms with E-state index in [9.17, 15) is 14.4 Å². The number of amides is 2. The Morgan fingerprint density at radius 1 is 0.963 bits per heavy atom. The smallest absolute Gasteiger partial charge is 0.350 e. The molecule has 0 saturated heterocycles. The van der Waals surface area contributed by atoms with Gasteiger partial charge in [0.1, 0.15) is 5.75 Å². The predicted octanol–water partition coefficient (Wildman–Crippen LogP) is 2.50. The van der Waals surface area contributed by atoms with Crippen LogP contribution >= 0.6 is 11.6 Å². The highest BCUT2D eigenvalue weighted by Crippen LogP contribution is 2.21. The maximum atomic E-state index is 12.2. The number of nitrogens with one attached hydrogen (secondary N) is 2. The minimum Gasteiger partial charge on any atom is -0.476 e. The van der Waals surface area contributed by atoms with Crippen LogP contribution in [0.15, 0.2) is 54.6 Å². The van der Waals surface area contributed by atoms with Crippen molar-refractivity contribution in [1.82, 2.24) is 10.9 Å². The van der Waals surface area contributed by atoms with Crippen molar-refractivity contribution in [1.29, 1.82) is 0 Å². The zero-order valence-corrected chi connectivity index (χ0v) is 15.6. The van der Waals surface area contributed by atoms with Gasteiger partial charge in [-0.15, -0.1) is 0 Å². The van der Waals surface area contributed by atoms with E-state index in [2.05, 4.69) is 10.9 Å². The van der Waals surface area contributed by atoms with Crippen molar-refractivity contribution < 1.29 is 23.9 Å². The second kappa shape index (κ2) is 9.05. The van der Waals surface area contributed by atoms with Gasteiger partial charge in [0.2, 0.25) is 0 Å². The lowest BCUT2D eigenvalue weighted by Gasteiger charge is -2.24. The molecule has 0 heterocycles. The zero-order chi connectivity index (χ0) is 19.9. The van der Waals surface area contributed by atoms with Crippen LogP contribution in [0.5, 0.6) is 5.75 Å². The van der Waals surface area contributed by atoms with Gasteiger partial charge in [-0.05, 0) is 50.2 Å². The third-order valence-electron chi connectivity index (χ3n) is 3.36. The zero-order valence-electron chi connectivity index (χ0n) is 14.8. The molecule has 2 amide bonds. The van der Waals surface area contributed by atoms with E-state index in [0.29, 0.717) is 16.3 Å². The van der Waals surface area contributed by atoms with Gasteiger partial charge in [0.15, 0.2) is 12.2 Å². The maximum absolute atomic E-state index is 12.2. The van der Waals surface area contributed by atoms with Gasteiger partial charge in [0.25, 0.3) is 11.8 Å². The van der Waals surface area contributed by atoms with Crippen LogP contribution in [0.4, 0.5) is 0 Å². The van der Waals surface area contributed by atoms with Gasteiger partial charge in [0, 0.05) is 10.6 Å². The van der Waals surface area contributed by atoms with Crippen LogP contribution in [0, 0.1) is 0 Å². The summed E-state index contributed by atoms with van der Waals surface area (Å²) >= 11 is 5.80. The highest BCUT2D eigenvalue weighted by molar-refractivity contribution is 6.30. The molecule has 7 nitrogen and oxygen atoms in total. The Balaban J connectivity index is 1.78. The summed E-state index contributed by atoms with van der Waals surface area (Å²) in [5.41, 5.74) is 3.47. The van der Waals surface area contributed by atoms with E-state index in [4.69, 9.17) is 21.1 Å². The molecule has 2 aromatic carbocycles. The third-order valence-corrected chi connectivity index (χ3v) is 3.62. The van der Waals surface area contributed by atoms with E-state index in [1.165, 1.54) is 13.8 Å². The molecule has 0 fully saturated rings. The number of hydrogen-bond acceptors (Lipinski definition) is 5. The molecule has 142 valence electrons. The van der Waals surface area contributed by atoms with Crippen LogP contribution in [0.1, 0.15) is 24.2 Å². The first-order valence-corrected chi connectivity index (χ1v) is 8.42. The fourth-order valence-corrected chi connectivity index (χ4v) is 2.09. The third kappa shape index (κ3) is 6.31. The summed E-state index contributed by atoms with van der Waals surface area (Å²) in [6, 6.07) is 14.8. The van der Waals surface area contributed by atoms with Crippen LogP contribution in [0.2, 0.25) is 5.02 Å². The lowest BCUT2D eigenvalue weighted by atomic mass is 10.1. The monoisotopic (exact) mass is 390 g/mol. The quantitative estimate of drug-likeness (QED) is 0.584. The molecule has 0 bridgehead atoms. The molecule has 0 aliphatic carbocycles. The molecule has 8 heteroatoms. The maximum Gasteiger partial charge on any atom is 0.350 e. The Kier molecular flexibility index (Phi) is 6.79. The van der Waals surface area contributed by atoms with Gasteiger partial charge < -0.3 is 9.47 Å². The van der Waals surface area contributed by atoms with Crippen molar-refractivity contribution >= 4 is 29.4 Å². The Hall–Kier alpha value is -3.06. The highest BCUT2D eigenvalue weighted by atomic mass is 35.5. The molecule has 27 heavy (non-hydrogen) atoms. The molecule has 0 spiro atoms. The number of halogens is 1. The molecule has 0 radical (unpaired) electrons. The normalized spacial score (nSPS) is 10.6. The first-order chi connectivity index (χ1) is 12.8. The molecular weight excluding hydrogens is 372 g/mol. The second-order valence-corrected chi connectivity index (χ2v) is 6.45. The Morgan fingerprint density at radius 3 is 2.22 bits per heavy atom. The SMILES string of the molecule is CC(C)(Oc1ccc(Cl)cc1)C(=O)OCC(=O)NNC(=O)c1ccccc1. The van der Waals surface area contributed by atoms with Gasteiger partial charge >= 0.3 is 5.97 Å². The number of hydrazine groups is 1. The van der Waals surface area contributed by atoms with Crippen LogP contribution in [-0.2, 0) is 14.3 Å². The summed E-state index contributed by atoms with van der Waals surface area (Å²) in [6.07, 6.45) is 0. The van der Waals surface area contributed by atoms with Gasteiger partial charge in [-0.25, -0.2) is 4.79 Å². The molecule has 0 saturated carbocycles. The Labute approximate surface area is 161 Å². The summed E-state index contributed by atoms with van der Waals surface area (Å²) in [6.45, 7) is 2.46. The topological polar surface area (TPSA) is 93.7 Å². The summed E-state index contributed by atoms with van der Waals surface area (Å²) in [7, 11) is 0. The molecule has 0 aliphatic rings. The van der Waals surface area contributed by atoms with E-state index in [1.807, 2.05) is 0 Å². The lowest BCUT2D eigenvalue weighted by molar-refractivity contribution is -0.162. The molecule has 2 N–H and O–H groups in total. The van der Waals surface area contributed by atoms with Crippen molar-refractivity contribution in [2.75, 3.05) is 6.61 Å². The number of carbonyl (C=O) groups is 3. The summed E-state index contributed by atoms with van der Waals surface area (Å²) in [4.78, 5) is 35.7. The van der Waals surface area contributed by atoms with Crippen LogP contribution in [0.25, 0.3) is 0 Å². The average molecular weight is 391 g/mol. The first-order valence-electron chi connectivity index (χ1n) is 8.04. The van der Waals surface area contributed by atoms with E-state index < -0.39 is 30.0 Å². The summed E-state index contributed by atoms with van der Waals surface area (Å²) in [5, 5.41) is 0.539. The van der Waals surface area contributed by atoms with Crippen molar-refractivity contribution in [3.63, 3.8) is 0 Å². The van der Waals surface area contributed by atoms with Crippen molar-refractivity contribution in [2.45, 2.75) is 19.4 Å². The van der Waals surface area contributed by atoms with Gasteiger partial charge in [-0.2, -0.15) is 0 Å². The fourth-order valence-electron chi connectivity index (χ4n) is 1.97. The van der Waals surface area contributed by atoms with Gasteiger partial charge in [0.05, 0.1) is 0 Å². The molecule has 0 unspecified atom stereocenters. The van der Waals surface area contributed by atoms with Gasteiger partial charge in [-0.3, -0.25) is 20.4 Å². The number of hydrogen-bond donors (Lipinski definition) is 2. The van der Waals surface area contributed by atoms with Crippen molar-refractivity contribution in [3.05, 3.63) is 65.2 Å². The van der Waals surface area contributed by atoms with Crippen LogP contribution < -0.4 is 15.6 Å². The molecule has 0 aromatic heterocycles.